The number of aliphatic hydroxyl groups excluding tert-OH is 1. The monoisotopic (exact) mass is 496 g/mol. The van der Waals surface area contributed by atoms with Gasteiger partial charge in [-0.25, -0.2) is 4.79 Å². The van der Waals surface area contributed by atoms with E-state index < -0.39 is 66.9 Å². The lowest BCUT2D eigenvalue weighted by Crippen LogP contribution is -2.58. The average molecular weight is 497 g/mol. The van der Waals surface area contributed by atoms with Gasteiger partial charge in [0.05, 0.1) is 13.0 Å². The zero-order valence-electron chi connectivity index (χ0n) is 19.4. The third-order valence-corrected chi connectivity index (χ3v) is 4.88. The van der Waals surface area contributed by atoms with Crippen molar-refractivity contribution in [3.8, 4) is 5.75 Å². The second kappa shape index (κ2) is 13.9. The molecule has 0 saturated carbocycles. The number of carbonyl (C=O) groups is 5. The predicted octanol–water partition coefficient (Wildman–Crippen LogP) is -1.69. The van der Waals surface area contributed by atoms with Crippen molar-refractivity contribution in [3.63, 3.8) is 0 Å². The molecule has 1 rings (SSSR count). The van der Waals surface area contributed by atoms with Crippen LogP contribution in [0.5, 0.6) is 5.75 Å². The molecule has 0 aliphatic rings. The fourth-order valence-electron chi connectivity index (χ4n) is 3.06. The maximum absolute atomic E-state index is 12.8. The number of aliphatic carboxylic acids is 2. The Hall–Kier alpha value is -3.71. The highest BCUT2D eigenvalue weighted by molar-refractivity contribution is 5.95. The zero-order chi connectivity index (χ0) is 26.7. The summed E-state index contributed by atoms with van der Waals surface area (Å²) in [5, 5.41) is 43.9. The Morgan fingerprint density at radius 2 is 1.37 bits per heavy atom. The number of aromatic hydroxyl groups is 1. The van der Waals surface area contributed by atoms with Crippen LogP contribution in [0.2, 0.25) is 0 Å². The van der Waals surface area contributed by atoms with Gasteiger partial charge in [-0.05, 0) is 30.0 Å². The van der Waals surface area contributed by atoms with Gasteiger partial charge < -0.3 is 42.1 Å². The fraction of sp³-hybridized carbons (Fsp3) is 0.500. The summed E-state index contributed by atoms with van der Waals surface area (Å²) < 4.78 is 0. The van der Waals surface area contributed by atoms with Crippen LogP contribution in [0.25, 0.3) is 0 Å². The van der Waals surface area contributed by atoms with Crippen LogP contribution in [0.15, 0.2) is 24.3 Å². The number of aliphatic hydroxyl groups is 1. The lowest BCUT2D eigenvalue weighted by molar-refractivity contribution is -0.143. The molecule has 4 unspecified atom stereocenters. The van der Waals surface area contributed by atoms with Crippen LogP contribution < -0.4 is 21.7 Å². The van der Waals surface area contributed by atoms with Crippen LogP contribution in [0, 0.1) is 5.92 Å². The minimum Gasteiger partial charge on any atom is -0.508 e. The molecule has 9 N–H and O–H groups in total. The number of carboxylic acids is 2. The Balaban J connectivity index is 3.02. The highest BCUT2D eigenvalue weighted by Crippen LogP contribution is 2.12. The number of hydrogen-bond acceptors (Lipinski definition) is 8. The van der Waals surface area contributed by atoms with E-state index in [4.69, 9.17) is 10.8 Å². The molecule has 0 aliphatic carbocycles. The van der Waals surface area contributed by atoms with Crippen LogP contribution in [0.3, 0.4) is 0 Å². The SMILES string of the molecule is CC(C)CC(NC(=O)C(N)CO)C(=O)NC(CC(=O)O)C(=O)NC(Cc1ccc(O)cc1)C(=O)O. The highest BCUT2D eigenvalue weighted by Gasteiger charge is 2.32. The van der Waals surface area contributed by atoms with E-state index in [0.717, 1.165) is 0 Å². The van der Waals surface area contributed by atoms with Crippen molar-refractivity contribution in [2.45, 2.75) is 57.3 Å². The summed E-state index contributed by atoms with van der Waals surface area (Å²) in [4.78, 5) is 60.6. The van der Waals surface area contributed by atoms with Crippen molar-refractivity contribution in [2.75, 3.05) is 6.61 Å². The average Bonchev–Trinajstić information content (AvgIpc) is 2.77. The van der Waals surface area contributed by atoms with Gasteiger partial charge in [0.25, 0.3) is 0 Å². The second-order valence-corrected chi connectivity index (χ2v) is 8.41. The van der Waals surface area contributed by atoms with E-state index in [-0.39, 0.29) is 24.5 Å². The number of nitrogens with one attached hydrogen (secondary N) is 3. The third kappa shape index (κ3) is 10.4. The van der Waals surface area contributed by atoms with Gasteiger partial charge in [0.2, 0.25) is 17.7 Å². The summed E-state index contributed by atoms with van der Waals surface area (Å²) >= 11 is 0. The quantitative estimate of drug-likeness (QED) is 0.146. The number of benzene rings is 1. The highest BCUT2D eigenvalue weighted by atomic mass is 16.4. The maximum atomic E-state index is 12.8. The van der Waals surface area contributed by atoms with Crippen molar-refractivity contribution >= 4 is 29.7 Å². The minimum absolute atomic E-state index is 0.0307. The molecule has 0 fully saturated rings. The van der Waals surface area contributed by atoms with Crippen molar-refractivity contribution < 1.29 is 44.4 Å². The van der Waals surface area contributed by atoms with E-state index in [2.05, 4.69) is 16.0 Å². The molecule has 13 heteroatoms. The summed E-state index contributed by atoms with van der Waals surface area (Å²) in [5.41, 5.74) is 5.94. The second-order valence-electron chi connectivity index (χ2n) is 8.41. The number of hydrogen-bond donors (Lipinski definition) is 8. The Kier molecular flexibility index (Phi) is 11.6. The molecule has 0 aliphatic heterocycles. The summed E-state index contributed by atoms with van der Waals surface area (Å²) in [6, 6.07) is 0.0519. The van der Waals surface area contributed by atoms with E-state index >= 15 is 0 Å². The van der Waals surface area contributed by atoms with Gasteiger partial charge >= 0.3 is 11.9 Å². The minimum atomic E-state index is -1.64. The predicted molar refractivity (Wildman–Crippen MR) is 122 cm³/mol. The fourth-order valence-corrected chi connectivity index (χ4v) is 3.06. The van der Waals surface area contributed by atoms with E-state index in [1.807, 2.05) is 0 Å². The van der Waals surface area contributed by atoms with Gasteiger partial charge in [-0.3, -0.25) is 19.2 Å². The lowest BCUT2D eigenvalue weighted by Gasteiger charge is -2.25. The Labute approximate surface area is 201 Å². The lowest BCUT2D eigenvalue weighted by atomic mass is 10.0. The van der Waals surface area contributed by atoms with E-state index in [9.17, 15) is 39.3 Å². The summed E-state index contributed by atoms with van der Waals surface area (Å²) in [5.74, 6) is -5.68. The molecule has 35 heavy (non-hydrogen) atoms. The Morgan fingerprint density at radius 1 is 0.857 bits per heavy atom. The molecule has 0 aromatic heterocycles. The van der Waals surface area contributed by atoms with Gasteiger partial charge in [-0.1, -0.05) is 26.0 Å². The van der Waals surface area contributed by atoms with Crippen LogP contribution in [0.4, 0.5) is 0 Å². The molecule has 194 valence electrons. The first-order valence-electron chi connectivity index (χ1n) is 10.8. The molecule has 0 heterocycles. The van der Waals surface area contributed by atoms with Crippen LogP contribution >= 0.6 is 0 Å². The van der Waals surface area contributed by atoms with Crippen molar-refractivity contribution in [1.82, 2.24) is 16.0 Å². The molecule has 4 atom stereocenters. The van der Waals surface area contributed by atoms with Gasteiger partial charge in [0.1, 0.15) is 29.9 Å². The summed E-state index contributed by atoms with van der Waals surface area (Å²) in [6.07, 6.45) is -0.891. The molecular weight excluding hydrogens is 464 g/mol. The Bertz CT molecular complexity index is 905. The van der Waals surface area contributed by atoms with E-state index in [0.29, 0.717) is 5.56 Å². The molecule has 0 spiro atoms. The van der Waals surface area contributed by atoms with Gasteiger partial charge in [0.15, 0.2) is 0 Å². The first-order chi connectivity index (χ1) is 16.3. The first kappa shape index (κ1) is 29.3. The van der Waals surface area contributed by atoms with E-state index in [1.54, 1.807) is 13.8 Å². The number of phenolic OH excluding ortho intramolecular Hbond substituents is 1. The van der Waals surface area contributed by atoms with Crippen molar-refractivity contribution in [3.05, 3.63) is 29.8 Å². The summed E-state index contributed by atoms with van der Waals surface area (Å²) in [6.45, 7) is 2.87. The normalized spacial score (nSPS) is 14.3. The largest absolute Gasteiger partial charge is 0.508 e. The van der Waals surface area contributed by atoms with Crippen LogP contribution in [-0.2, 0) is 30.4 Å². The van der Waals surface area contributed by atoms with Crippen LogP contribution in [-0.4, -0.2) is 80.9 Å². The maximum Gasteiger partial charge on any atom is 0.326 e. The number of phenols is 1. The zero-order valence-corrected chi connectivity index (χ0v) is 19.4. The molecule has 0 bridgehead atoms. The third-order valence-electron chi connectivity index (χ3n) is 4.88. The van der Waals surface area contributed by atoms with Crippen molar-refractivity contribution in [1.29, 1.82) is 0 Å². The van der Waals surface area contributed by atoms with Crippen LogP contribution in [0.1, 0.15) is 32.3 Å². The molecule has 1 aromatic carbocycles. The molecule has 0 radical (unpaired) electrons. The van der Waals surface area contributed by atoms with Gasteiger partial charge in [0, 0.05) is 6.42 Å². The number of carboxylic acid groups (broad SMARTS) is 2. The molecule has 0 saturated heterocycles. The molecule has 3 amide bonds. The molecule has 13 nitrogen and oxygen atoms in total. The molecular formula is C22H32N4O9. The smallest absolute Gasteiger partial charge is 0.326 e. The number of carbonyl (C=O) groups excluding carboxylic acids is 3. The Morgan fingerprint density at radius 3 is 1.86 bits per heavy atom. The number of nitrogens with two attached hydrogens (primary N) is 1. The van der Waals surface area contributed by atoms with Crippen molar-refractivity contribution in [2.24, 2.45) is 11.7 Å². The van der Waals surface area contributed by atoms with Gasteiger partial charge in [-0.15, -0.1) is 0 Å². The number of amides is 3. The molecule has 1 aromatic rings. The topological polar surface area (TPSA) is 228 Å². The number of rotatable bonds is 14. The van der Waals surface area contributed by atoms with Gasteiger partial charge in [-0.2, -0.15) is 0 Å². The standard InChI is InChI=1S/C22H32N4O9/c1-11(2)7-15(24-19(31)14(23)10-27)20(32)25-16(9-18(29)30)21(33)26-17(22(34)35)8-12-3-5-13(28)6-4-12/h3-6,11,14-17,27-28H,7-10,23H2,1-2H3,(H,24,31)(H,25,32)(H,26,33)(H,29,30)(H,34,35). The van der Waals surface area contributed by atoms with E-state index in [1.165, 1.54) is 24.3 Å². The first-order valence-corrected chi connectivity index (χ1v) is 10.8. The summed E-state index contributed by atoms with van der Waals surface area (Å²) in [7, 11) is 0.